The Balaban J connectivity index is 2.29. The van der Waals surface area contributed by atoms with Crippen LogP contribution in [-0.2, 0) is 0 Å². The number of thioether (sulfide) groups is 1. The summed E-state index contributed by atoms with van der Waals surface area (Å²) in [6.45, 7) is 2.19. The van der Waals surface area contributed by atoms with E-state index >= 15 is 0 Å². The number of hydrogen-bond acceptors (Lipinski definition) is 4. The first kappa shape index (κ1) is 11.6. The Bertz CT molecular complexity index is 370. The molecule has 3 nitrogen and oxygen atoms in total. The first-order chi connectivity index (χ1) is 7.74. The molecule has 2 unspecified atom stereocenters. The largest absolute Gasteiger partial charge is 0.497 e. The van der Waals surface area contributed by atoms with Gasteiger partial charge in [-0.05, 0) is 25.1 Å². The third-order valence-electron chi connectivity index (χ3n) is 2.67. The van der Waals surface area contributed by atoms with Gasteiger partial charge in [0, 0.05) is 17.4 Å². The lowest BCUT2D eigenvalue weighted by Crippen LogP contribution is -2.22. The second kappa shape index (κ2) is 4.97. The fourth-order valence-electron chi connectivity index (χ4n) is 1.82. The lowest BCUT2D eigenvalue weighted by molar-refractivity contribution is 0.396. The van der Waals surface area contributed by atoms with E-state index in [0.29, 0.717) is 11.4 Å². The van der Waals surface area contributed by atoms with E-state index in [0.717, 1.165) is 22.8 Å². The van der Waals surface area contributed by atoms with Crippen LogP contribution >= 0.6 is 11.8 Å². The normalized spacial score (nSPS) is 24.4. The summed E-state index contributed by atoms with van der Waals surface area (Å²) >= 11 is 1.91. The SMILES string of the molecule is COc1ccc(OC)c(C2NC(C)CS2)c1. The van der Waals surface area contributed by atoms with Crippen molar-refractivity contribution in [2.45, 2.75) is 18.3 Å². The Labute approximate surface area is 101 Å². The van der Waals surface area contributed by atoms with E-state index in [2.05, 4.69) is 12.2 Å². The summed E-state index contributed by atoms with van der Waals surface area (Å²) in [4.78, 5) is 0. The molecule has 1 saturated heterocycles. The second-order valence-electron chi connectivity index (χ2n) is 3.89. The molecule has 0 aromatic heterocycles. The number of hydrogen-bond donors (Lipinski definition) is 1. The summed E-state index contributed by atoms with van der Waals surface area (Å²) in [5, 5.41) is 3.83. The quantitative estimate of drug-likeness (QED) is 0.877. The van der Waals surface area contributed by atoms with Crippen molar-refractivity contribution < 1.29 is 9.47 Å². The van der Waals surface area contributed by atoms with Crippen molar-refractivity contribution >= 4 is 11.8 Å². The molecule has 0 radical (unpaired) electrons. The van der Waals surface area contributed by atoms with Gasteiger partial charge in [-0.15, -0.1) is 11.8 Å². The lowest BCUT2D eigenvalue weighted by Gasteiger charge is -2.16. The van der Waals surface area contributed by atoms with Crippen LogP contribution in [0.4, 0.5) is 0 Å². The van der Waals surface area contributed by atoms with E-state index in [-0.39, 0.29) is 0 Å². The van der Waals surface area contributed by atoms with E-state index in [1.165, 1.54) is 0 Å². The molecule has 1 N–H and O–H groups in total. The zero-order valence-corrected chi connectivity index (χ0v) is 10.6. The lowest BCUT2D eigenvalue weighted by atomic mass is 10.1. The van der Waals surface area contributed by atoms with Gasteiger partial charge in [0.25, 0.3) is 0 Å². The minimum atomic E-state index is 0.306. The van der Waals surface area contributed by atoms with Gasteiger partial charge in [-0.3, -0.25) is 5.32 Å². The molecule has 0 spiro atoms. The zero-order valence-electron chi connectivity index (χ0n) is 9.82. The third kappa shape index (κ3) is 2.28. The molecular formula is C12H17NO2S. The minimum absolute atomic E-state index is 0.306. The van der Waals surface area contributed by atoms with Crippen LogP contribution in [0.15, 0.2) is 18.2 Å². The highest BCUT2D eigenvalue weighted by Crippen LogP contribution is 2.39. The van der Waals surface area contributed by atoms with Gasteiger partial charge in [0.05, 0.1) is 19.6 Å². The Kier molecular flexibility index (Phi) is 3.61. The zero-order chi connectivity index (χ0) is 11.5. The maximum atomic E-state index is 5.38. The molecule has 0 bridgehead atoms. The van der Waals surface area contributed by atoms with Gasteiger partial charge < -0.3 is 9.47 Å². The molecule has 0 amide bonds. The van der Waals surface area contributed by atoms with Crippen molar-refractivity contribution in [1.82, 2.24) is 5.32 Å². The molecule has 2 rings (SSSR count). The Morgan fingerprint density at radius 3 is 2.69 bits per heavy atom. The van der Waals surface area contributed by atoms with Crippen LogP contribution in [-0.4, -0.2) is 26.0 Å². The molecule has 1 aliphatic rings. The second-order valence-corrected chi connectivity index (χ2v) is 5.03. The predicted octanol–water partition coefficient (Wildman–Crippen LogP) is 2.43. The molecule has 0 aliphatic carbocycles. The van der Waals surface area contributed by atoms with Gasteiger partial charge in [0.1, 0.15) is 11.5 Å². The highest BCUT2D eigenvalue weighted by Gasteiger charge is 2.25. The summed E-state index contributed by atoms with van der Waals surface area (Å²) in [7, 11) is 3.39. The van der Waals surface area contributed by atoms with E-state index in [4.69, 9.17) is 9.47 Å². The highest BCUT2D eigenvalue weighted by atomic mass is 32.2. The monoisotopic (exact) mass is 239 g/mol. The standard InChI is InChI=1S/C12H17NO2S/c1-8-7-16-12(13-8)10-6-9(14-2)4-5-11(10)15-3/h4-6,8,12-13H,7H2,1-3H3. The maximum absolute atomic E-state index is 5.38. The number of nitrogens with one attached hydrogen (secondary N) is 1. The Morgan fingerprint density at radius 1 is 1.31 bits per heavy atom. The van der Waals surface area contributed by atoms with Crippen LogP contribution in [0.1, 0.15) is 17.9 Å². The molecule has 1 aromatic carbocycles. The van der Waals surface area contributed by atoms with Crippen LogP contribution in [0.5, 0.6) is 11.5 Å². The van der Waals surface area contributed by atoms with Crippen LogP contribution < -0.4 is 14.8 Å². The summed E-state index contributed by atoms with van der Waals surface area (Å²) in [6, 6.07) is 6.47. The van der Waals surface area contributed by atoms with E-state index < -0.39 is 0 Å². The molecule has 4 heteroatoms. The van der Waals surface area contributed by atoms with E-state index in [1.54, 1.807) is 14.2 Å². The van der Waals surface area contributed by atoms with E-state index in [9.17, 15) is 0 Å². The fourth-order valence-corrected chi connectivity index (χ4v) is 3.09. The summed E-state index contributed by atoms with van der Waals surface area (Å²) in [5.74, 6) is 2.92. The molecular weight excluding hydrogens is 222 g/mol. The van der Waals surface area contributed by atoms with Gasteiger partial charge in [-0.2, -0.15) is 0 Å². The molecule has 88 valence electrons. The average Bonchev–Trinajstić information content (AvgIpc) is 2.75. The third-order valence-corrected chi connectivity index (χ3v) is 4.08. The molecule has 16 heavy (non-hydrogen) atoms. The molecule has 1 fully saturated rings. The molecule has 2 atom stereocenters. The predicted molar refractivity (Wildman–Crippen MR) is 67.3 cm³/mol. The van der Waals surface area contributed by atoms with Crippen molar-refractivity contribution in [1.29, 1.82) is 0 Å². The number of methoxy groups -OCH3 is 2. The first-order valence-electron chi connectivity index (χ1n) is 5.34. The summed E-state index contributed by atoms with van der Waals surface area (Å²) < 4.78 is 10.6. The van der Waals surface area contributed by atoms with Gasteiger partial charge >= 0.3 is 0 Å². The topological polar surface area (TPSA) is 30.5 Å². The Morgan fingerprint density at radius 2 is 2.12 bits per heavy atom. The van der Waals surface area contributed by atoms with Crippen LogP contribution in [0.2, 0.25) is 0 Å². The van der Waals surface area contributed by atoms with Crippen LogP contribution in [0, 0.1) is 0 Å². The summed E-state index contributed by atoms with van der Waals surface area (Å²) in [5.41, 5.74) is 1.16. The van der Waals surface area contributed by atoms with E-state index in [1.807, 2.05) is 30.0 Å². The maximum Gasteiger partial charge on any atom is 0.124 e. The van der Waals surface area contributed by atoms with Crippen molar-refractivity contribution in [3.63, 3.8) is 0 Å². The molecule has 1 aromatic rings. The van der Waals surface area contributed by atoms with Crippen molar-refractivity contribution in [2.24, 2.45) is 0 Å². The minimum Gasteiger partial charge on any atom is -0.497 e. The van der Waals surface area contributed by atoms with Crippen molar-refractivity contribution in [3.8, 4) is 11.5 Å². The van der Waals surface area contributed by atoms with Gasteiger partial charge in [-0.25, -0.2) is 0 Å². The first-order valence-corrected chi connectivity index (χ1v) is 6.39. The van der Waals surface area contributed by atoms with Crippen LogP contribution in [0.3, 0.4) is 0 Å². The Hall–Kier alpha value is -0.870. The van der Waals surface area contributed by atoms with Crippen molar-refractivity contribution in [2.75, 3.05) is 20.0 Å². The molecule has 1 heterocycles. The number of benzene rings is 1. The summed E-state index contributed by atoms with van der Waals surface area (Å²) in [6.07, 6.45) is 0. The van der Waals surface area contributed by atoms with Gasteiger partial charge in [-0.1, -0.05) is 0 Å². The molecule has 1 aliphatic heterocycles. The smallest absolute Gasteiger partial charge is 0.124 e. The highest BCUT2D eigenvalue weighted by molar-refractivity contribution is 7.99. The number of ether oxygens (including phenoxy) is 2. The number of rotatable bonds is 3. The average molecular weight is 239 g/mol. The molecule has 0 saturated carbocycles. The van der Waals surface area contributed by atoms with Gasteiger partial charge in [0.15, 0.2) is 0 Å². The fraction of sp³-hybridized carbons (Fsp3) is 0.500. The van der Waals surface area contributed by atoms with Gasteiger partial charge in [0.2, 0.25) is 0 Å². The van der Waals surface area contributed by atoms with Crippen molar-refractivity contribution in [3.05, 3.63) is 23.8 Å². The van der Waals surface area contributed by atoms with Crippen LogP contribution in [0.25, 0.3) is 0 Å².